The second-order valence-corrected chi connectivity index (χ2v) is 5.55. The first kappa shape index (κ1) is 12.2. The van der Waals surface area contributed by atoms with Crippen molar-refractivity contribution in [3.05, 3.63) is 41.1 Å². The van der Waals surface area contributed by atoms with E-state index in [1.807, 2.05) is 35.0 Å². The maximum absolute atomic E-state index is 5.75. The van der Waals surface area contributed by atoms with Gasteiger partial charge in [-0.05, 0) is 48.8 Å². The van der Waals surface area contributed by atoms with Gasteiger partial charge in [-0.25, -0.2) is 4.68 Å². The van der Waals surface area contributed by atoms with Crippen LogP contribution in [-0.2, 0) is 5.54 Å². The Kier molecular flexibility index (Phi) is 3.24. The molecule has 0 saturated carbocycles. The zero-order valence-corrected chi connectivity index (χ0v) is 11.7. The molecule has 4 heteroatoms. The number of halogens is 1. The molecule has 2 rings (SSSR count). The van der Waals surface area contributed by atoms with Crippen LogP contribution >= 0.6 is 15.9 Å². The summed E-state index contributed by atoms with van der Waals surface area (Å²) in [4.78, 5) is 0. The predicted molar refractivity (Wildman–Crippen MR) is 71.4 cm³/mol. The molecule has 0 bridgehead atoms. The Morgan fingerprint density at radius 3 is 2.35 bits per heavy atom. The van der Waals surface area contributed by atoms with Gasteiger partial charge >= 0.3 is 0 Å². The van der Waals surface area contributed by atoms with Gasteiger partial charge < -0.3 is 4.74 Å². The molecule has 0 atom stereocenters. The molecule has 1 aromatic heterocycles. The van der Waals surface area contributed by atoms with E-state index in [9.17, 15) is 0 Å². The van der Waals surface area contributed by atoms with Gasteiger partial charge in [-0.1, -0.05) is 18.2 Å². The van der Waals surface area contributed by atoms with Crippen LogP contribution in [0.2, 0.25) is 0 Å². The molecule has 1 heterocycles. The number of ether oxygens (including phenoxy) is 1. The summed E-state index contributed by atoms with van der Waals surface area (Å²) in [6.07, 6.45) is 1.72. The number of benzene rings is 1. The molecule has 0 radical (unpaired) electrons. The lowest BCUT2D eigenvalue weighted by Crippen LogP contribution is -2.23. The monoisotopic (exact) mass is 294 g/mol. The fraction of sp³-hybridized carbons (Fsp3) is 0.308. The Hall–Kier alpha value is -1.29. The van der Waals surface area contributed by atoms with Gasteiger partial charge in [0.05, 0.1) is 11.7 Å². The van der Waals surface area contributed by atoms with Crippen molar-refractivity contribution in [1.29, 1.82) is 0 Å². The molecule has 0 aliphatic heterocycles. The van der Waals surface area contributed by atoms with Gasteiger partial charge in [0, 0.05) is 0 Å². The average molecular weight is 295 g/mol. The van der Waals surface area contributed by atoms with Crippen molar-refractivity contribution >= 4 is 15.9 Å². The highest BCUT2D eigenvalue weighted by atomic mass is 79.9. The molecular formula is C13H15BrN2O. The standard InChI is InChI=1S/C13H15BrN2O/c1-13(2,3)16-12(14)11(9-15-16)17-10-7-5-4-6-8-10/h4-9H,1-3H3. The third-order valence-electron chi connectivity index (χ3n) is 2.29. The first-order valence-electron chi connectivity index (χ1n) is 5.45. The SMILES string of the molecule is CC(C)(C)n1ncc(Oc2ccccc2)c1Br. The second kappa shape index (κ2) is 4.53. The van der Waals surface area contributed by atoms with E-state index < -0.39 is 0 Å². The van der Waals surface area contributed by atoms with Crippen LogP contribution in [-0.4, -0.2) is 9.78 Å². The van der Waals surface area contributed by atoms with Gasteiger partial charge in [0.25, 0.3) is 0 Å². The molecule has 0 N–H and O–H groups in total. The van der Waals surface area contributed by atoms with E-state index in [-0.39, 0.29) is 5.54 Å². The number of aromatic nitrogens is 2. The third kappa shape index (κ3) is 2.69. The molecule has 0 amide bonds. The first-order valence-corrected chi connectivity index (χ1v) is 6.25. The van der Waals surface area contributed by atoms with Crippen molar-refractivity contribution in [2.24, 2.45) is 0 Å². The molecule has 17 heavy (non-hydrogen) atoms. The van der Waals surface area contributed by atoms with Gasteiger partial charge in [-0.2, -0.15) is 5.10 Å². The van der Waals surface area contributed by atoms with Gasteiger partial charge in [0.15, 0.2) is 5.75 Å². The van der Waals surface area contributed by atoms with Gasteiger partial charge in [0.1, 0.15) is 10.4 Å². The highest BCUT2D eigenvalue weighted by Gasteiger charge is 2.20. The zero-order chi connectivity index (χ0) is 12.5. The van der Waals surface area contributed by atoms with Crippen LogP contribution in [0.1, 0.15) is 20.8 Å². The predicted octanol–water partition coefficient (Wildman–Crippen LogP) is 4.19. The van der Waals surface area contributed by atoms with Crippen LogP contribution in [0.15, 0.2) is 41.1 Å². The summed E-state index contributed by atoms with van der Waals surface area (Å²) in [6, 6.07) is 9.68. The summed E-state index contributed by atoms with van der Waals surface area (Å²) in [7, 11) is 0. The van der Waals surface area contributed by atoms with Crippen LogP contribution < -0.4 is 4.74 Å². The van der Waals surface area contributed by atoms with E-state index in [1.54, 1.807) is 6.20 Å². The minimum atomic E-state index is -0.0723. The lowest BCUT2D eigenvalue weighted by atomic mass is 10.1. The Labute approximate surface area is 110 Å². The average Bonchev–Trinajstić information content (AvgIpc) is 2.61. The fourth-order valence-electron chi connectivity index (χ4n) is 1.47. The summed E-state index contributed by atoms with van der Waals surface area (Å²) in [5.41, 5.74) is -0.0723. The van der Waals surface area contributed by atoms with Crippen LogP contribution in [0, 0.1) is 0 Å². The molecule has 0 spiro atoms. The Balaban J connectivity index is 2.27. The molecule has 0 aliphatic carbocycles. The number of hydrogen-bond acceptors (Lipinski definition) is 2. The first-order chi connectivity index (χ1) is 7.98. The summed E-state index contributed by atoms with van der Waals surface area (Å²) < 4.78 is 8.50. The molecule has 0 fully saturated rings. The van der Waals surface area contributed by atoms with E-state index in [2.05, 4.69) is 41.8 Å². The summed E-state index contributed by atoms with van der Waals surface area (Å²) in [5, 5.41) is 4.33. The molecular weight excluding hydrogens is 280 g/mol. The number of hydrogen-bond donors (Lipinski definition) is 0. The molecule has 2 aromatic rings. The van der Waals surface area contributed by atoms with Crippen molar-refractivity contribution in [1.82, 2.24) is 9.78 Å². The Morgan fingerprint density at radius 1 is 1.18 bits per heavy atom. The maximum atomic E-state index is 5.75. The number of rotatable bonds is 2. The van der Waals surface area contributed by atoms with Gasteiger partial charge in [0.2, 0.25) is 0 Å². The van der Waals surface area contributed by atoms with Gasteiger partial charge in [-0.3, -0.25) is 0 Å². The normalized spacial score (nSPS) is 11.5. The van der Waals surface area contributed by atoms with Crippen LogP contribution in [0.4, 0.5) is 0 Å². The Bertz CT molecular complexity index is 500. The van der Waals surface area contributed by atoms with E-state index in [0.717, 1.165) is 16.1 Å². The quantitative estimate of drug-likeness (QED) is 0.830. The van der Waals surface area contributed by atoms with Crippen molar-refractivity contribution in [3.8, 4) is 11.5 Å². The van der Waals surface area contributed by atoms with Gasteiger partial charge in [-0.15, -0.1) is 0 Å². The topological polar surface area (TPSA) is 27.1 Å². The highest BCUT2D eigenvalue weighted by Crippen LogP contribution is 2.32. The number of nitrogens with zero attached hydrogens (tertiary/aromatic N) is 2. The number of para-hydroxylation sites is 1. The van der Waals surface area contributed by atoms with Crippen molar-refractivity contribution in [2.45, 2.75) is 26.3 Å². The Morgan fingerprint density at radius 2 is 1.82 bits per heavy atom. The van der Waals surface area contributed by atoms with Crippen LogP contribution in [0.25, 0.3) is 0 Å². The van der Waals surface area contributed by atoms with E-state index >= 15 is 0 Å². The fourth-order valence-corrected chi connectivity index (χ4v) is 2.28. The lowest BCUT2D eigenvalue weighted by molar-refractivity contribution is 0.346. The zero-order valence-electron chi connectivity index (χ0n) is 10.1. The summed E-state index contributed by atoms with van der Waals surface area (Å²) in [5.74, 6) is 1.53. The van der Waals surface area contributed by atoms with Crippen molar-refractivity contribution < 1.29 is 4.74 Å². The van der Waals surface area contributed by atoms with Crippen LogP contribution in [0.5, 0.6) is 11.5 Å². The van der Waals surface area contributed by atoms with E-state index in [4.69, 9.17) is 4.74 Å². The van der Waals surface area contributed by atoms with Crippen molar-refractivity contribution in [2.75, 3.05) is 0 Å². The van der Waals surface area contributed by atoms with Crippen LogP contribution in [0.3, 0.4) is 0 Å². The lowest BCUT2D eigenvalue weighted by Gasteiger charge is -2.20. The minimum absolute atomic E-state index is 0.0723. The van der Waals surface area contributed by atoms with E-state index in [0.29, 0.717) is 0 Å². The summed E-state index contributed by atoms with van der Waals surface area (Å²) >= 11 is 3.52. The largest absolute Gasteiger partial charge is 0.453 e. The molecule has 1 aromatic carbocycles. The summed E-state index contributed by atoms with van der Waals surface area (Å²) in [6.45, 7) is 6.28. The van der Waals surface area contributed by atoms with Crippen molar-refractivity contribution in [3.63, 3.8) is 0 Å². The third-order valence-corrected chi connectivity index (χ3v) is 3.01. The maximum Gasteiger partial charge on any atom is 0.179 e. The molecule has 0 saturated heterocycles. The minimum Gasteiger partial charge on any atom is -0.453 e. The highest BCUT2D eigenvalue weighted by molar-refractivity contribution is 9.10. The molecule has 0 unspecified atom stereocenters. The molecule has 90 valence electrons. The second-order valence-electron chi connectivity index (χ2n) is 4.80. The van der Waals surface area contributed by atoms with E-state index in [1.165, 1.54) is 0 Å². The smallest absolute Gasteiger partial charge is 0.179 e. The molecule has 0 aliphatic rings. The molecule has 3 nitrogen and oxygen atoms in total.